The summed E-state index contributed by atoms with van der Waals surface area (Å²) in [6, 6.07) is 11.7. The first-order chi connectivity index (χ1) is 12.2. The van der Waals surface area contributed by atoms with Crippen LogP contribution in [0.15, 0.2) is 42.5 Å². The summed E-state index contributed by atoms with van der Waals surface area (Å²) >= 11 is 0. The van der Waals surface area contributed by atoms with Crippen LogP contribution in [0.3, 0.4) is 0 Å². The van der Waals surface area contributed by atoms with E-state index in [2.05, 4.69) is 5.32 Å². The molecule has 2 atom stereocenters. The Morgan fingerprint density at radius 3 is 2.50 bits per heavy atom. The Kier molecular flexibility index (Phi) is 4.59. The van der Waals surface area contributed by atoms with Crippen molar-refractivity contribution in [3.8, 4) is 5.75 Å². The fourth-order valence-corrected chi connectivity index (χ4v) is 3.22. The zero-order valence-electron chi connectivity index (χ0n) is 15.4. The SMILES string of the molecule is CC(=O)c1ccc2c(c1)[C@H](NC(=O)c1ccccc1C)[C@@H](O)C(C)(C)O2. The van der Waals surface area contributed by atoms with E-state index in [9.17, 15) is 14.7 Å². The van der Waals surface area contributed by atoms with Crippen LogP contribution in [0.5, 0.6) is 5.75 Å². The highest BCUT2D eigenvalue weighted by Gasteiger charge is 2.43. The molecule has 0 saturated carbocycles. The first-order valence-corrected chi connectivity index (χ1v) is 8.59. The second-order valence-electron chi connectivity index (χ2n) is 7.23. The molecule has 3 rings (SSSR count). The van der Waals surface area contributed by atoms with Crippen LogP contribution in [-0.4, -0.2) is 28.5 Å². The molecule has 0 radical (unpaired) electrons. The van der Waals surface area contributed by atoms with Gasteiger partial charge in [-0.2, -0.15) is 0 Å². The maximum atomic E-state index is 12.8. The number of rotatable bonds is 3. The molecular formula is C21H23NO4. The normalized spacial score (nSPS) is 20.7. The third-order valence-electron chi connectivity index (χ3n) is 4.83. The highest BCUT2D eigenvalue weighted by molar-refractivity contribution is 5.96. The molecule has 136 valence electrons. The summed E-state index contributed by atoms with van der Waals surface area (Å²) in [7, 11) is 0. The first kappa shape index (κ1) is 18.1. The number of benzene rings is 2. The predicted octanol–water partition coefficient (Wildman–Crippen LogP) is 3.20. The molecule has 1 aliphatic heterocycles. The van der Waals surface area contributed by atoms with Crippen molar-refractivity contribution in [2.75, 3.05) is 0 Å². The van der Waals surface area contributed by atoms with Gasteiger partial charge in [-0.05, 0) is 57.5 Å². The minimum Gasteiger partial charge on any atom is -0.485 e. The van der Waals surface area contributed by atoms with E-state index in [0.717, 1.165) is 5.56 Å². The molecular weight excluding hydrogens is 330 g/mol. The molecule has 0 bridgehead atoms. The lowest BCUT2D eigenvalue weighted by atomic mass is 9.85. The molecule has 5 nitrogen and oxygen atoms in total. The van der Waals surface area contributed by atoms with Gasteiger partial charge in [-0.3, -0.25) is 9.59 Å². The fourth-order valence-electron chi connectivity index (χ4n) is 3.22. The Morgan fingerprint density at radius 1 is 1.15 bits per heavy atom. The number of carbonyl (C=O) groups is 2. The van der Waals surface area contributed by atoms with Gasteiger partial charge in [0.05, 0.1) is 6.04 Å². The molecule has 0 fully saturated rings. The van der Waals surface area contributed by atoms with E-state index in [1.165, 1.54) is 6.92 Å². The van der Waals surface area contributed by atoms with E-state index in [-0.39, 0.29) is 11.7 Å². The summed E-state index contributed by atoms with van der Waals surface area (Å²) in [6.45, 7) is 6.88. The molecule has 0 aliphatic carbocycles. The highest BCUT2D eigenvalue weighted by Crippen LogP contribution is 2.40. The van der Waals surface area contributed by atoms with Crippen molar-refractivity contribution in [3.63, 3.8) is 0 Å². The quantitative estimate of drug-likeness (QED) is 0.831. The number of carbonyl (C=O) groups excluding carboxylic acids is 2. The van der Waals surface area contributed by atoms with Crippen molar-refractivity contribution in [1.29, 1.82) is 0 Å². The lowest BCUT2D eigenvalue weighted by Crippen LogP contribution is -2.53. The standard InChI is InChI=1S/C21H23NO4/c1-12-7-5-6-8-15(12)20(25)22-18-16-11-14(13(2)23)9-10-17(16)26-21(3,4)19(18)24/h5-11,18-19,24H,1-4H3,(H,22,25)/t18-,19+/m0/s1. The molecule has 0 aromatic heterocycles. The highest BCUT2D eigenvalue weighted by atomic mass is 16.5. The molecule has 2 aromatic rings. The van der Waals surface area contributed by atoms with Gasteiger partial charge in [0.15, 0.2) is 5.78 Å². The number of hydrogen-bond donors (Lipinski definition) is 2. The molecule has 1 amide bonds. The van der Waals surface area contributed by atoms with Gasteiger partial charge < -0.3 is 15.2 Å². The smallest absolute Gasteiger partial charge is 0.252 e. The van der Waals surface area contributed by atoms with Crippen molar-refractivity contribution in [1.82, 2.24) is 5.32 Å². The third kappa shape index (κ3) is 3.22. The van der Waals surface area contributed by atoms with Gasteiger partial charge in [0, 0.05) is 16.7 Å². The van der Waals surface area contributed by atoms with Crippen LogP contribution < -0.4 is 10.1 Å². The van der Waals surface area contributed by atoms with Gasteiger partial charge in [0.2, 0.25) is 0 Å². The summed E-state index contributed by atoms with van der Waals surface area (Å²) in [5.41, 5.74) is 1.63. The summed E-state index contributed by atoms with van der Waals surface area (Å²) in [5, 5.41) is 13.7. The van der Waals surface area contributed by atoms with E-state index < -0.39 is 17.7 Å². The Hall–Kier alpha value is -2.66. The van der Waals surface area contributed by atoms with Crippen molar-refractivity contribution in [3.05, 3.63) is 64.7 Å². The van der Waals surface area contributed by atoms with Crippen LogP contribution >= 0.6 is 0 Å². The van der Waals surface area contributed by atoms with Crippen LogP contribution in [0.25, 0.3) is 0 Å². The number of aryl methyl sites for hydroxylation is 1. The number of aliphatic hydroxyl groups excluding tert-OH is 1. The van der Waals surface area contributed by atoms with Crippen molar-refractivity contribution < 1.29 is 19.4 Å². The van der Waals surface area contributed by atoms with Gasteiger partial charge in [-0.25, -0.2) is 0 Å². The van der Waals surface area contributed by atoms with E-state index in [1.54, 1.807) is 44.2 Å². The van der Waals surface area contributed by atoms with Gasteiger partial charge in [0.1, 0.15) is 17.5 Å². The number of hydrogen-bond acceptors (Lipinski definition) is 4. The van der Waals surface area contributed by atoms with Gasteiger partial charge in [-0.1, -0.05) is 18.2 Å². The summed E-state index contributed by atoms with van der Waals surface area (Å²) < 4.78 is 5.89. The Labute approximate surface area is 153 Å². The second kappa shape index (κ2) is 6.57. The minimum absolute atomic E-state index is 0.0869. The molecule has 0 saturated heterocycles. The molecule has 1 heterocycles. The van der Waals surface area contributed by atoms with Crippen molar-refractivity contribution in [2.24, 2.45) is 0 Å². The summed E-state index contributed by atoms with van der Waals surface area (Å²) in [5.74, 6) is 0.195. The number of ketones is 1. The largest absolute Gasteiger partial charge is 0.485 e. The number of aliphatic hydroxyl groups is 1. The average Bonchev–Trinajstić information content (AvgIpc) is 2.58. The molecule has 2 aromatic carbocycles. The number of nitrogens with one attached hydrogen (secondary N) is 1. The Bertz CT molecular complexity index is 872. The molecule has 0 spiro atoms. The van der Waals surface area contributed by atoms with E-state index in [1.807, 2.05) is 19.1 Å². The minimum atomic E-state index is -0.967. The van der Waals surface area contributed by atoms with Crippen LogP contribution in [-0.2, 0) is 0 Å². The predicted molar refractivity (Wildman–Crippen MR) is 98.5 cm³/mol. The zero-order chi connectivity index (χ0) is 19.1. The lowest BCUT2D eigenvalue weighted by molar-refractivity contribution is -0.0627. The zero-order valence-corrected chi connectivity index (χ0v) is 15.4. The number of ether oxygens (including phenoxy) is 1. The topological polar surface area (TPSA) is 75.6 Å². The van der Waals surface area contributed by atoms with Crippen LogP contribution in [0.4, 0.5) is 0 Å². The number of amides is 1. The second-order valence-corrected chi connectivity index (χ2v) is 7.23. The van der Waals surface area contributed by atoms with Crippen LogP contribution in [0, 0.1) is 6.92 Å². The maximum absolute atomic E-state index is 12.8. The Morgan fingerprint density at radius 2 is 1.85 bits per heavy atom. The lowest BCUT2D eigenvalue weighted by Gasteiger charge is -2.42. The molecule has 2 N–H and O–H groups in total. The number of fused-ring (bicyclic) bond motifs is 1. The first-order valence-electron chi connectivity index (χ1n) is 8.59. The average molecular weight is 353 g/mol. The maximum Gasteiger partial charge on any atom is 0.252 e. The third-order valence-corrected chi connectivity index (χ3v) is 4.83. The van der Waals surface area contributed by atoms with E-state index in [0.29, 0.717) is 22.4 Å². The molecule has 1 aliphatic rings. The van der Waals surface area contributed by atoms with Crippen molar-refractivity contribution >= 4 is 11.7 Å². The molecule has 0 unspecified atom stereocenters. The molecule has 26 heavy (non-hydrogen) atoms. The van der Waals surface area contributed by atoms with Crippen molar-refractivity contribution in [2.45, 2.75) is 45.4 Å². The van der Waals surface area contributed by atoms with Gasteiger partial charge >= 0.3 is 0 Å². The summed E-state index contributed by atoms with van der Waals surface area (Å²) in [4.78, 5) is 24.5. The summed E-state index contributed by atoms with van der Waals surface area (Å²) in [6.07, 6.45) is -0.967. The van der Waals surface area contributed by atoms with Crippen LogP contribution in [0.1, 0.15) is 58.7 Å². The van der Waals surface area contributed by atoms with Crippen LogP contribution in [0.2, 0.25) is 0 Å². The van der Waals surface area contributed by atoms with E-state index in [4.69, 9.17) is 4.74 Å². The number of Topliss-reactive ketones (excluding diaryl/α,β-unsaturated/α-hetero) is 1. The van der Waals surface area contributed by atoms with Gasteiger partial charge in [0.25, 0.3) is 5.91 Å². The van der Waals surface area contributed by atoms with Gasteiger partial charge in [-0.15, -0.1) is 0 Å². The molecule has 5 heteroatoms. The fraction of sp³-hybridized carbons (Fsp3) is 0.333. The Balaban J connectivity index is 2.02. The monoisotopic (exact) mass is 353 g/mol. The van der Waals surface area contributed by atoms with E-state index >= 15 is 0 Å².